The summed E-state index contributed by atoms with van der Waals surface area (Å²) in [5.74, 6) is -0.273. The predicted octanol–water partition coefficient (Wildman–Crippen LogP) is 1.85. The maximum absolute atomic E-state index is 11.9. The molecule has 98 valence electrons. The van der Waals surface area contributed by atoms with Crippen molar-refractivity contribution in [1.29, 1.82) is 5.41 Å². The third kappa shape index (κ3) is 2.61. The highest BCUT2D eigenvalue weighted by molar-refractivity contribution is 6.14. The Labute approximate surface area is 107 Å². The Bertz CT molecular complexity index is 434. The van der Waals surface area contributed by atoms with Crippen LogP contribution in [0.3, 0.4) is 0 Å². The van der Waals surface area contributed by atoms with Crippen LogP contribution in [0.15, 0.2) is 18.2 Å². The van der Waals surface area contributed by atoms with Crippen molar-refractivity contribution in [3.05, 3.63) is 29.3 Å². The van der Waals surface area contributed by atoms with Gasteiger partial charge in [-0.15, -0.1) is 0 Å². The summed E-state index contributed by atoms with van der Waals surface area (Å²) in [6.07, 6.45) is 1.56. The van der Waals surface area contributed by atoms with Gasteiger partial charge in [0.2, 0.25) is 5.96 Å². The van der Waals surface area contributed by atoms with E-state index in [1.165, 1.54) is 11.9 Å². The highest BCUT2D eigenvalue weighted by Crippen LogP contribution is 2.26. The monoisotopic (exact) mass is 248 g/mol. The summed E-state index contributed by atoms with van der Waals surface area (Å²) in [7, 11) is 1.53. The molecule has 0 aliphatic heterocycles. The van der Waals surface area contributed by atoms with Gasteiger partial charge in [-0.1, -0.05) is 32.0 Å². The van der Waals surface area contributed by atoms with Gasteiger partial charge in [-0.2, -0.15) is 0 Å². The number of aryl methyl sites for hydroxylation is 2. The number of hydrogen-bond acceptors (Lipinski definition) is 2. The van der Waals surface area contributed by atoms with E-state index in [-0.39, 0.29) is 5.96 Å². The van der Waals surface area contributed by atoms with Crippen molar-refractivity contribution in [3.8, 4) is 0 Å². The van der Waals surface area contributed by atoms with E-state index in [4.69, 9.17) is 11.1 Å². The van der Waals surface area contributed by atoms with Gasteiger partial charge in [-0.25, -0.2) is 9.69 Å². The Hall–Kier alpha value is -2.04. The second kappa shape index (κ2) is 6.05. The van der Waals surface area contributed by atoms with Crippen LogP contribution in [0.5, 0.6) is 0 Å². The zero-order valence-electron chi connectivity index (χ0n) is 11.1. The Balaban J connectivity index is 3.42. The largest absolute Gasteiger partial charge is 0.369 e. The first-order valence-corrected chi connectivity index (χ1v) is 6.03. The van der Waals surface area contributed by atoms with Crippen LogP contribution in [0.1, 0.15) is 25.0 Å². The molecule has 0 saturated heterocycles. The van der Waals surface area contributed by atoms with Gasteiger partial charge in [0, 0.05) is 7.05 Å². The first kappa shape index (κ1) is 14.0. The molecule has 1 rings (SSSR count). The lowest BCUT2D eigenvalue weighted by Crippen LogP contribution is -2.47. The average Bonchev–Trinajstić information content (AvgIpc) is 2.38. The Morgan fingerprint density at radius 1 is 1.33 bits per heavy atom. The summed E-state index contributed by atoms with van der Waals surface area (Å²) in [6, 6.07) is 5.47. The van der Waals surface area contributed by atoms with E-state index >= 15 is 0 Å². The quantitative estimate of drug-likeness (QED) is 0.563. The molecule has 2 amide bonds. The Kier molecular flexibility index (Phi) is 4.71. The molecule has 0 aliphatic rings. The van der Waals surface area contributed by atoms with Crippen LogP contribution in [0.2, 0.25) is 0 Å². The first-order valence-electron chi connectivity index (χ1n) is 6.03. The molecule has 0 aromatic heterocycles. The predicted molar refractivity (Wildman–Crippen MR) is 74.0 cm³/mol. The van der Waals surface area contributed by atoms with Crippen molar-refractivity contribution in [2.75, 3.05) is 11.9 Å². The van der Waals surface area contributed by atoms with Crippen LogP contribution in [-0.4, -0.2) is 19.0 Å². The lowest BCUT2D eigenvalue weighted by molar-refractivity contribution is 0.251. The molecule has 1 aromatic carbocycles. The van der Waals surface area contributed by atoms with E-state index in [1.54, 1.807) is 0 Å². The van der Waals surface area contributed by atoms with Crippen molar-refractivity contribution in [2.24, 2.45) is 5.73 Å². The highest BCUT2D eigenvalue weighted by Gasteiger charge is 2.22. The maximum Gasteiger partial charge on any atom is 0.328 e. The summed E-state index contributed by atoms with van der Waals surface area (Å²) in [5.41, 5.74) is 8.29. The van der Waals surface area contributed by atoms with Crippen LogP contribution >= 0.6 is 0 Å². The fourth-order valence-corrected chi connectivity index (χ4v) is 1.95. The number of benzene rings is 1. The van der Waals surface area contributed by atoms with Crippen molar-refractivity contribution in [2.45, 2.75) is 26.7 Å². The minimum Gasteiger partial charge on any atom is -0.369 e. The topological polar surface area (TPSA) is 82.2 Å². The molecule has 0 aliphatic carbocycles. The molecule has 4 N–H and O–H groups in total. The number of nitrogens with two attached hydrogens (primary N) is 1. The molecule has 5 heteroatoms. The minimum absolute atomic E-state index is 0.273. The number of guanidine groups is 1. The van der Waals surface area contributed by atoms with Gasteiger partial charge in [0.15, 0.2) is 0 Å². The molecule has 0 saturated carbocycles. The third-order valence-electron chi connectivity index (χ3n) is 2.85. The SMILES string of the molecule is CCc1cccc(CC)c1N(C(=N)N)C(=O)NC. The highest BCUT2D eigenvalue weighted by atomic mass is 16.2. The van der Waals surface area contributed by atoms with Gasteiger partial charge in [0.05, 0.1) is 5.69 Å². The second-order valence-corrected chi connectivity index (χ2v) is 3.91. The molecule has 1 aromatic rings. The van der Waals surface area contributed by atoms with Gasteiger partial charge in [0.1, 0.15) is 0 Å². The lowest BCUT2D eigenvalue weighted by atomic mass is 10.0. The Morgan fingerprint density at radius 2 is 1.83 bits per heavy atom. The number of carbonyl (C=O) groups is 1. The first-order chi connectivity index (χ1) is 8.56. The van der Waals surface area contributed by atoms with Crippen molar-refractivity contribution < 1.29 is 4.79 Å². The van der Waals surface area contributed by atoms with E-state index in [2.05, 4.69) is 5.32 Å². The summed E-state index contributed by atoms with van der Waals surface area (Å²) >= 11 is 0. The summed E-state index contributed by atoms with van der Waals surface area (Å²) in [6.45, 7) is 4.03. The number of anilines is 1. The van der Waals surface area contributed by atoms with E-state index in [9.17, 15) is 4.79 Å². The molecule has 0 heterocycles. The smallest absolute Gasteiger partial charge is 0.328 e. The number of para-hydroxylation sites is 1. The van der Waals surface area contributed by atoms with Gasteiger partial charge in [-0.3, -0.25) is 5.41 Å². The fourth-order valence-electron chi connectivity index (χ4n) is 1.95. The molecule has 0 atom stereocenters. The molecule has 0 fully saturated rings. The third-order valence-corrected chi connectivity index (χ3v) is 2.85. The van der Waals surface area contributed by atoms with Crippen molar-refractivity contribution in [1.82, 2.24) is 5.32 Å². The number of carbonyl (C=O) groups excluding carboxylic acids is 1. The number of nitrogens with one attached hydrogen (secondary N) is 2. The van der Waals surface area contributed by atoms with Gasteiger partial charge < -0.3 is 11.1 Å². The van der Waals surface area contributed by atoms with Crippen LogP contribution < -0.4 is 16.0 Å². The van der Waals surface area contributed by atoms with E-state index in [1.807, 2.05) is 32.0 Å². The standard InChI is InChI=1S/C13H20N4O/c1-4-9-7-6-8-10(5-2)11(9)17(12(14)15)13(18)16-3/h6-8H,4-5H2,1-3H3,(H3,14,15)(H,16,18). The van der Waals surface area contributed by atoms with Crippen LogP contribution in [0.25, 0.3) is 0 Å². The molecule has 5 nitrogen and oxygen atoms in total. The number of amides is 2. The van der Waals surface area contributed by atoms with Crippen LogP contribution in [0, 0.1) is 5.41 Å². The summed E-state index contributed by atoms with van der Waals surface area (Å²) < 4.78 is 0. The number of urea groups is 1. The van der Waals surface area contributed by atoms with Gasteiger partial charge in [0.25, 0.3) is 0 Å². The zero-order chi connectivity index (χ0) is 13.7. The molecular weight excluding hydrogens is 228 g/mol. The fraction of sp³-hybridized carbons (Fsp3) is 0.385. The molecular formula is C13H20N4O. The van der Waals surface area contributed by atoms with E-state index < -0.39 is 6.03 Å². The molecule has 0 radical (unpaired) electrons. The average molecular weight is 248 g/mol. The molecule has 18 heavy (non-hydrogen) atoms. The number of hydrogen-bond donors (Lipinski definition) is 3. The minimum atomic E-state index is -0.391. The van der Waals surface area contributed by atoms with Crippen LogP contribution in [0.4, 0.5) is 10.5 Å². The molecule has 0 spiro atoms. The van der Waals surface area contributed by atoms with Crippen molar-refractivity contribution in [3.63, 3.8) is 0 Å². The van der Waals surface area contributed by atoms with Gasteiger partial charge in [-0.05, 0) is 24.0 Å². The van der Waals surface area contributed by atoms with E-state index in [0.29, 0.717) is 0 Å². The number of nitrogens with zero attached hydrogens (tertiary/aromatic N) is 1. The van der Waals surface area contributed by atoms with Crippen LogP contribution in [-0.2, 0) is 12.8 Å². The maximum atomic E-state index is 11.9. The molecule has 0 unspecified atom stereocenters. The molecule has 0 bridgehead atoms. The zero-order valence-corrected chi connectivity index (χ0v) is 11.1. The van der Waals surface area contributed by atoms with Gasteiger partial charge >= 0.3 is 6.03 Å². The van der Waals surface area contributed by atoms with E-state index in [0.717, 1.165) is 29.7 Å². The summed E-state index contributed by atoms with van der Waals surface area (Å²) in [4.78, 5) is 13.1. The second-order valence-electron chi connectivity index (χ2n) is 3.91. The Morgan fingerprint density at radius 3 is 2.17 bits per heavy atom. The summed E-state index contributed by atoms with van der Waals surface area (Å²) in [5, 5.41) is 10.1. The normalized spacial score (nSPS) is 9.94. The number of rotatable bonds is 3. The van der Waals surface area contributed by atoms with Crippen molar-refractivity contribution >= 4 is 17.7 Å². The lowest BCUT2D eigenvalue weighted by Gasteiger charge is -2.25.